The second-order valence-electron chi connectivity index (χ2n) is 4.31. The van der Waals surface area contributed by atoms with Crippen LogP contribution < -0.4 is 4.74 Å². The highest BCUT2D eigenvalue weighted by molar-refractivity contribution is 6.11. The van der Waals surface area contributed by atoms with Crippen LogP contribution in [-0.2, 0) is 4.79 Å². The van der Waals surface area contributed by atoms with Gasteiger partial charge in [0.2, 0.25) is 0 Å². The molecule has 0 radical (unpaired) electrons. The molecule has 3 nitrogen and oxygen atoms in total. The summed E-state index contributed by atoms with van der Waals surface area (Å²) in [5, 5.41) is 0. The van der Waals surface area contributed by atoms with Crippen molar-refractivity contribution in [2.24, 2.45) is 0 Å². The number of hydrogen-bond donors (Lipinski definition) is 0. The van der Waals surface area contributed by atoms with Crippen LogP contribution in [0.2, 0.25) is 0 Å². The van der Waals surface area contributed by atoms with E-state index in [9.17, 15) is 9.59 Å². The van der Waals surface area contributed by atoms with E-state index in [1.54, 1.807) is 48.5 Å². The summed E-state index contributed by atoms with van der Waals surface area (Å²) in [6, 6.07) is 15.4. The summed E-state index contributed by atoms with van der Waals surface area (Å²) < 4.78 is 5.21. The molecule has 0 spiro atoms. The molecule has 2 aromatic rings. The second kappa shape index (κ2) is 6.48. The highest BCUT2D eigenvalue weighted by Crippen LogP contribution is 2.22. The normalized spacial score (nSPS) is 9.71. The van der Waals surface area contributed by atoms with E-state index >= 15 is 0 Å². The number of para-hydroxylation sites is 1. The minimum absolute atomic E-state index is 0.136. The first-order valence-corrected chi connectivity index (χ1v) is 6.36. The molecule has 0 N–H and O–H groups in total. The summed E-state index contributed by atoms with van der Waals surface area (Å²) in [5.41, 5.74) is 0.995. The predicted octanol–water partition coefficient (Wildman–Crippen LogP) is 3.57. The van der Waals surface area contributed by atoms with E-state index in [4.69, 9.17) is 4.74 Å². The van der Waals surface area contributed by atoms with Gasteiger partial charge >= 0.3 is 5.97 Å². The van der Waals surface area contributed by atoms with Crippen LogP contribution >= 0.6 is 0 Å². The topological polar surface area (TPSA) is 43.4 Å². The molecule has 0 heterocycles. The van der Waals surface area contributed by atoms with Crippen molar-refractivity contribution in [3.8, 4) is 5.75 Å². The Balaban J connectivity index is 2.33. The Morgan fingerprint density at radius 2 is 1.57 bits per heavy atom. The predicted molar refractivity (Wildman–Crippen MR) is 81.3 cm³/mol. The minimum atomic E-state index is -0.627. The molecule has 0 amide bonds. The maximum absolute atomic E-state index is 12.5. The van der Waals surface area contributed by atoms with Crippen molar-refractivity contribution >= 4 is 11.8 Å². The van der Waals surface area contributed by atoms with E-state index in [0.717, 1.165) is 0 Å². The van der Waals surface area contributed by atoms with Crippen LogP contribution in [0.1, 0.15) is 15.9 Å². The molecular formula is C18H14O3. The van der Waals surface area contributed by atoms with Gasteiger partial charge < -0.3 is 4.74 Å². The maximum atomic E-state index is 12.5. The molecule has 2 aromatic carbocycles. The van der Waals surface area contributed by atoms with E-state index in [1.165, 1.54) is 6.08 Å². The van der Waals surface area contributed by atoms with E-state index in [-0.39, 0.29) is 17.1 Å². The van der Waals surface area contributed by atoms with Crippen LogP contribution in [0.5, 0.6) is 5.75 Å². The third-order valence-electron chi connectivity index (χ3n) is 2.88. The molecule has 0 saturated heterocycles. The van der Waals surface area contributed by atoms with E-state index in [1.807, 2.05) is 6.07 Å². The number of ketones is 1. The SMILES string of the molecule is C=CC(=C)C(=O)Oc1ccccc1C(=O)c1ccccc1. The molecule has 0 atom stereocenters. The Kier molecular flexibility index (Phi) is 4.46. The lowest BCUT2D eigenvalue weighted by Crippen LogP contribution is -2.12. The molecule has 0 aliphatic carbocycles. The van der Waals surface area contributed by atoms with Gasteiger partial charge in [-0.2, -0.15) is 0 Å². The number of rotatable bonds is 5. The fraction of sp³-hybridized carbons (Fsp3) is 0. The average molecular weight is 278 g/mol. The fourth-order valence-corrected chi connectivity index (χ4v) is 1.74. The lowest BCUT2D eigenvalue weighted by atomic mass is 10.0. The zero-order chi connectivity index (χ0) is 15.2. The zero-order valence-corrected chi connectivity index (χ0v) is 11.4. The average Bonchev–Trinajstić information content (AvgIpc) is 2.54. The summed E-state index contributed by atoms with van der Waals surface area (Å²) in [5.74, 6) is -0.624. The van der Waals surface area contributed by atoms with Crippen LogP contribution in [0.25, 0.3) is 0 Å². The van der Waals surface area contributed by atoms with Gasteiger partial charge in [0.15, 0.2) is 5.78 Å². The zero-order valence-electron chi connectivity index (χ0n) is 11.4. The summed E-state index contributed by atoms with van der Waals surface area (Å²) in [4.78, 5) is 24.2. The van der Waals surface area contributed by atoms with Crippen molar-refractivity contribution in [2.75, 3.05) is 0 Å². The van der Waals surface area contributed by atoms with Crippen LogP contribution in [0.3, 0.4) is 0 Å². The van der Waals surface area contributed by atoms with Gasteiger partial charge in [-0.3, -0.25) is 4.79 Å². The first-order valence-electron chi connectivity index (χ1n) is 6.36. The molecule has 21 heavy (non-hydrogen) atoms. The van der Waals surface area contributed by atoms with E-state index in [0.29, 0.717) is 11.1 Å². The summed E-state index contributed by atoms with van der Waals surface area (Å²) in [6.45, 7) is 6.99. The quantitative estimate of drug-likeness (QED) is 0.276. The molecule has 0 aliphatic heterocycles. The van der Waals surface area contributed by atoms with Gasteiger partial charge in [-0.25, -0.2) is 4.79 Å². The van der Waals surface area contributed by atoms with Gasteiger partial charge in [0.05, 0.1) is 11.1 Å². The van der Waals surface area contributed by atoms with Crippen molar-refractivity contribution in [3.05, 3.63) is 90.5 Å². The number of benzene rings is 2. The first kappa shape index (κ1) is 14.5. The Hall–Kier alpha value is -2.94. The third-order valence-corrected chi connectivity index (χ3v) is 2.88. The van der Waals surface area contributed by atoms with Crippen molar-refractivity contribution in [2.45, 2.75) is 0 Å². The number of esters is 1. The molecule has 0 aliphatic rings. The smallest absolute Gasteiger partial charge is 0.342 e. The lowest BCUT2D eigenvalue weighted by Gasteiger charge is -2.09. The Morgan fingerprint density at radius 1 is 0.952 bits per heavy atom. The van der Waals surface area contributed by atoms with Gasteiger partial charge in [-0.1, -0.05) is 61.7 Å². The van der Waals surface area contributed by atoms with Gasteiger partial charge in [-0.15, -0.1) is 0 Å². The number of hydrogen-bond acceptors (Lipinski definition) is 3. The van der Waals surface area contributed by atoms with Crippen LogP contribution in [0, 0.1) is 0 Å². The first-order chi connectivity index (χ1) is 10.1. The van der Waals surface area contributed by atoms with Crippen LogP contribution in [0.4, 0.5) is 0 Å². The highest BCUT2D eigenvalue weighted by Gasteiger charge is 2.16. The van der Waals surface area contributed by atoms with Crippen molar-refractivity contribution in [1.82, 2.24) is 0 Å². The Bertz CT molecular complexity index is 699. The van der Waals surface area contributed by atoms with Crippen molar-refractivity contribution < 1.29 is 14.3 Å². The molecule has 0 bridgehead atoms. The van der Waals surface area contributed by atoms with Gasteiger partial charge in [-0.05, 0) is 12.1 Å². The molecule has 0 unspecified atom stereocenters. The Morgan fingerprint density at radius 3 is 2.24 bits per heavy atom. The van der Waals surface area contributed by atoms with Gasteiger partial charge in [0.1, 0.15) is 5.75 Å². The molecule has 104 valence electrons. The Labute approximate surface area is 123 Å². The lowest BCUT2D eigenvalue weighted by molar-refractivity contribution is -0.129. The largest absolute Gasteiger partial charge is 0.422 e. The van der Waals surface area contributed by atoms with Gasteiger partial charge in [0, 0.05) is 5.56 Å². The molecule has 0 aromatic heterocycles. The number of ether oxygens (including phenoxy) is 1. The van der Waals surface area contributed by atoms with Crippen LogP contribution in [0.15, 0.2) is 79.4 Å². The van der Waals surface area contributed by atoms with E-state index in [2.05, 4.69) is 13.2 Å². The number of carbonyl (C=O) groups is 2. The number of carbonyl (C=O) groups excluding carboxylic acids is 2. The standard InChI is InChI=1S/C18H14O3/c1-3-13(2)18(20)21-16-12-8-7-11-15(16)17(19)14-9-5-4-6-10-14/h3-12H,1-2H2. The second-order valence-corrected chi connectivity index (χ2v) is 4.31. The third kappa shape index (κ3) is 3.34. The van der Waals surface area contributed by atoms with Gasteiger partial charge in [0.25, 0.3) is 0 Å². The molecule has 2 rings (SSSR count). The highest BCUT2D eigenvalue weighted by atomic mass is 16.5. The van der Waals surface area contributed by atoms with E-state index < -0.39 is 5.97 Å². The molecule has 0 fully saturated rings. The monoisotopic (exact) mass is 278 g/mol. The summed E-state index contributed by atoms with van der Waals surface area (Å²) >= 11 is 0. The fourth-order valence-electron chi connectivity index (χ4n) is 1.74. The van der Waals surface area contributed by atoms with Crippen molar-refractivity contribution in [3.63, 3.8) is 0 Å². The minimum Gasteiger partial charge on any atom is -0.422 e. The molecule has 0 saturated carbocycles. The maximum Gasteiger partial charge on any atom is 0.342 e. The molecule has 3 heteroatoms. The van der Waals surface area contributed by atoms with Crippen molar-refractivity contribution in [1.29, 1.82) is 0 Å². The summed E-state index contributed by atoms with van der Waals surface area (Å²) in [7, 11) is 0. The van der Waals surface area contributed by atoms with Crippen LogP contribution in [-0.4, -0.2) is 11.8 Å². The molecular weight excluding hydrogens is 264 g/mol. The summed E-state index contributed by atoms with van der Waals surface area (Å²) in [6.07, 6.45) is 1.31.